The van der Waals surface area contributed by atoms with Crippen LogP contribution in [0.3, 0.4) is 0 Å². The molecule has 0 bridgehead atoms. The number of anilines is 2. The van der Waals surface area contributed by atoms with Crippen molar-refractivity contribution in [2.75, 3.05) is 26.1 Å². The normalized spacial score (nSPS) is 19.1. The lowest BCUT2D eigenvalue weighted by molar-refractivity contribution is -0.132. The molecule has 1 fully saturated rings. The van der Waals surface area contributed by atoms with E-state index in [1.165, 1.54) is 10.9 Å². The Morgan fingerprint density at radius 1 is 1.18 bits per heavy atom. The van der Waals surface area contributed by atoms with E-state index in [1.54, 1.807) is 32.7 Å². The molecule has 14 nitrogen and oxygen atoms in total. The molecule has 3 N–H and O–H groups in total. The molecule has 1 saturated carbocycles. The average Bonchev–Trinajstić information content (AvgIpc) is 3.79. The molecule has 0 spiro atoms. The molecule has 0 unspecified atom stereocenters. The summed E-state index contributed by atoms with van der Waals surface area (Å²) in [6.45, 7) is 4.87. The first-order chi connectivity index (χ1) is 21.8. The largest absolute Gasteiger partial charge is 0.383 e. The molecule has 0 radical (unpaired) electrons. The molecule has 236 valence electrons. The van der Waals surface area contributed by atoms with Crippen LogP contribution in [0.15, 0.2) is 43.0 Å². The minimum Gasteiger partial charge on any atom is -0.383 e. The van der Waals surface area contributed by atoms with Gasteiger partial charge in [0.25, 0.3) is 0 Å². The van der Waals surface area contributed by atoms with Crippen LogP contribution in [0.4, 0.5) is 16.0 Å². The number of aromatic amines is 1. The van der Waals surface area contributed by atoms with Gasteiger partial charge in [0.2, 0.25) is 5.91 Å². The van der Waals surface area contributed by atoms with Crippen molar-refractivity contribution < 1.29 is 18.7 Å². The van der Waals surface area contributed by atoms with E-state index in [9.17, 15) is 9.18 Å². The number of hydrogen-bond donors (Lipinski definition) is 3. The Hall–Kier alpha value is -4.76. The SMILES string of the molecule is COCCn1ncc2c(Nc3cc(C)[nH]n3)nc([C@@H]3CC[C@H](C(=O)N[C@@H](C)c4ccc(-n5cc(F)cn5)nc4)[C@@H](OC)C3)nc21. The van der Waals surface area contributed by atoms with Crippen molar-refractivity contribution in [2.45, 2.75) is 57.7 Å². The lowest BCUT2D eigenvalue weighted by atomic mass is 9.78. The van der Waals surface area contributed by atoms with Crippen LogP contribution in [0, 0.1) is 18.7 Å². The summed E-state index contributed by atoms with van der Waals surface area (Å²) in [7, 11) is 3.28. The number of hydrogen-bond acceptors (Lipinski definition) is 10. The second-order valence-corrected chi connectivity index (χ2v) is 11.3. The molecule has 1 amide bonds. The summed E-state index contributed by atoms with van der Waals surface area (Å²) in [6, 6.07) is 5.20. The topological polar surface area (TPSA) is 163 Å². The molecule has 0 aliphatic heterocycles. The van der Waals surface area contributed by atoms with Crippen molar-refractivity contribution in [3.05, 3.63) is 65.9 Å². The van der Waals surface area contributed by atoms with Gasteiger partial charge >= 0.3 is 0 Å². The number of H-pyrrole nitrogens is 1. The number of methoxy groups -OCH3 is 2. The summed E-state index contributed by atoms with van der Waals surface area (Å²) in [5, 5.41) is 22.9. The number of carbonyl (C=O) groups is 1. The number of aryl methyl sites for hydroxylation is 1. The number of nitrogens with one attached hydrogen (secondary N) is 3. The minimum atomic E-state index is -0.439. The van der Waals surface area contributed by atoms with Crippen LogP contribution in [0.1, 0.15) is 55.2 Å². The molecule has 0 aromatic carbocycles. The number of halogens is 1. The Kier molecular flexibility index (Phi) is 8.80. The van der Waals surface area contributed by atoms with E-state index in [1.807, 2.05) is 30.7 Å². The van der Waals surface area contributed by atoms with Gasteiger partial charge in [-0.2, -0.15) is 15.3 Å². The van der Waals surface area contributed by atoms with Crippen molar-refractivity contribution >= 4 is 28.6 Å². The molecule has 1 aliphatic rings. The van der Waals surface area contributed by atoms with Gasteiger partial charge < -0.3 is 20.1 Å². The number of nitrogens with zero attached hydrogens (tertiary/aromatic N) is 8. The zero-order valence-electron chi connectivity index (χ0n) is 25.6. The van der Waals surface area contributed by atoms with Gasteiger partial charge in [0, 0.05) is 38.1 Å². The molecule has 15 heteroatoms. The van der Waals surface area contributed by atoms with Crippen LogP contribution in [0.25, 0.3) is 16.9 Å². The minimum absolute atomic E-state index is 0.0306. The second-order valence-electron chi connectivity index (χ2n) is 11.3. The highest BCUT2D eigenvalue weighted by Crippen LogP contribution is 2.38. The van der Waals surface area contributed by atoms with E-state index < -0.39 is 5.82 Å². The van der Waals surface area contributed by atoms with E-state index in [4.69, 9.17) is 19.4 Å². The highest BCUT2D eigenvalue weighted by molar-refractivity contribution is 5.88. The summed E-state index contributed by atoms with van der Waals surface area (Å²) in [6.07, 6.45) is 7.36. The number of aromatic nitrogens is 9. The smallest absolute Gasteiger partial charge is 0.226 e. The predicted molar refractivity (Wildman–Crippen MR) is 163 cm³/mol. The Morgan fingerprint density at radius 3 is 2.73 bits per heavy atom. The van der Waals surface area contributed by atoms with E-state index in [0.717, 1.165) is 22.8 Å². The predicted octanol–water partition coefficient (Wildman–Crippen LogP) is 3.74. The average molecular weight is 618 g/mol. The van der Waals surface area contributed by atoms with Crippen LogP contribution in [-0.2, 0) is 20.8 Å². The first-order valence-electron chi connectivity index (χ1n) is 14.8. The third-order valence-corrected chi connectivity index (χ3v) is 8.18. The van der Waals surface area contributed by atoms with Crippen LogP contribution < -0.4 is 10.6 Å². The number of amides is 1. The van der Waals surface area contributed by atoms with Gasteiger partial charge in [-0.3, -0.25) is 9.89 Å². The maximum atomic E-state index is 13.5. The summed E-state index contributed by atoms with van der Waals surface area (Å²) in [5.74, 6) is 1.51. The van der Waals surface area contributed by atoms with E-state index in [2.05, 4.69) is 36.0 Å². The lowest BCUT2D eigenvalue weighted by Gasteiger charge is -2.34. The zero-order chi connectivity index (χ0) is 31.5. The first kappa shape index (κ1) is 30.3. The third-order valence-electron chi connectivity index (χ3n) is 8.18. The van der Waals surface area contributed by atoms with Crippen molar-refractivity contribution in [1.29, 1.82) is 0 Å². The molecule has 45 heavy (non-hydrogen) atoms. The zero-order valence-corrected chi connectivity index (χ0v) is 25.6. The molecule has 5 heterocycles. The van der Waals surface area contributed by atoms with Gasteiger partial charge in [-0.15, -0.1) is 0 Å². The summed E-state index contributed by atoms with van der Waals surface area (Å²) in [4.78, 5) is 27.7. The Balaban J connectivity index is 1.17. The van der Waals surface area contributed by atoms with Crippen LogP contribution in [0.2, 0.25) is 0 Å². The highest BCUT2D eigenvalue weighted by Gasteiger charge is 2.37. The van der Waals surface area contributed by atoms with Gasteiger partial charge in [0.05, 0.1) is 55.2 Å². The van der Waals surface area contributed by atoms with Gasteiger partial charge in [-0.1, -0.05) is 6.07 Å². The van der Waals surface area contributed by atoms with E-state index >= 15 is 0 Å². The van der Waals surface area contributed by atoms with Crippen molar-refractivity contribution in [3.8, 4) is 5.82 Å². The monoisotopic (exact) mass is 617 g/mol. The van der Waals surface area contributed by atoms with Crippen LogP contribution in [0.5, 0.6) is 0 Å². The van der Waals surface area contributed by atoms with Gasteiger partial charge in [0.1, 0.15) is 11.6 Å². The van der Waals surface area contributed by atoms with Crippen molar-refractivity contribution in [3.63, 3.8) is 0 Å². The second kappa shape index (κ2) is 13.1. The number of carbonyl (C=O) groups excluding carboxylic acids is 1. The summed E-state index contributed by atoms with van der Waals surface area (Å²) >= 11 is 0. The number of fused-ring (bicyclic) bond motifs is 1. The number of ether oxygens (including phenoxy) is 2. The maximum absolute atomic E-state index is 13.5. The lowest BCUT2D eigenvalue weighted by Crippen LogP contribution is -2.42. The number of pyridine rings is 1. The fourth-order valence-electron chi connectivity index (χ4n) is 5.74. The Bertz CT molecular complexity index is 1770. The molecule has 6 rings (SSSR count). The standard InChI is InChI=1S/C30H36FN11O3/c1-17-11-25(40-39-17)36-28-23-15-34-41(9-10-44-3)29(23)38-27(37-28)19-5-7-22(24(12-19)45-4)30(43)35-18(2)20-6-8-26(32-13-20)42-16-21(31)14-33-42/h6,8,11,13-16,18-19,22,24H,5,7,9-10,12H2,1-4H3,(H,35,43)(H2,36,37,38,39,40)/t18-,19+,22-,24-/m0/s1. The maximum Gasteiger partial charge on any atom is 0.226 e. The Labute approximate surface area is 258 Å². The van der Waals surface area contributed by atoms with E-state index in [-0.39, 0.29) is 29.9 Å². The molecule has 0 saturated heterocycles. The summed E-state index contributed by atoms with van der Waals surface area (Å²) < 4.78 is 27.7. The van der Waals surface area contributed by atoms with Crippen molar-refractivity contribution in [1.82, 2.24) is 50.0 Å². The summed E-state index contributed by atoms with van der Waals surface area (Å²) in [5.41, 5.74) is 2.44. The fraction of sp³-hybridized carbons (Fsp3) is 0.433. The first-order valence-corrected chi connectivity index (χ1v) is 14.8. The fourth-order valence-corrected chi connectivity index (χ4v) is 5.74. The molecule has 5 aromatic heterocycles. The van der Waals surface area contributed by atoms with Gasteiger partial charge in [-0.25, -0.2) is 28.7 Å². The molecule has 5 aromatic rings. The molecule has 1 aliphatic carbocycles. The van der Waals surface area contributed by atoms with Crippen LogP contribution in [-0.4, -0.2) is 77.5 Å². The molecular formula is C30H36FN11O3. The molecular weight excluding hydrogens is 581 g/mol. The van der Waals surface area contributed by atoms with E-state index in [0.29, 0.717) is 61.3 Å². The Morgan fingerprint density at radius 2 is 2.04 bits per heavy atom. The quantitative estimate of drug-likeness (QED) is 0.199. The third kappa shape index (κ3) is 6.54. The van der Waals surface area contributed by atoms with Crippen LogP contribution >= 0.6 is 0 Å². The van der Waals surface area contributed by atoms with Gasteiger partial charge in [-0.05, 0) is 44.7 Å². The van der Waals surface area contributed by atoms with Gasteiger partial charge in [0.15, 0.2) is 23.1 Å². The van der Waals surface area contributed by atoms with Crippen molar-refractivity contribution in [2.24, 2.45) is 5.92 Å². The highest BCUT2D eigenvalue weighted by atomic mass is 19.1. The number of rotatable bonds is 11. The molecule has 4 atom stereocenters.